The normalized spacial score (nSPS) is 23.2. The van der Waals surface area contributed by atoms with Crippen LogP contribution in [0.15, 0.2) is 18.2 Å². The fourth-order valence-electron chi connectivity index (χ4n) is 2.45. The third-order valence-electron chi connectivity index (χ3n) is 3.72. The number of hydrogen-bond acceptors (Lipinski definition) is 3. The lowest BCUT2D eigenvalue weighted by Crippen LogP contribution is -2.57. The summed E-state index contributed by atoms with van der Waals surface area (Å²) in [5.41, 5.74) is 0.765. The van der Waals surface area contributed by atoms with Gasteiger partial charge in [0, 0.05) is 19.6 Å². The number of carbonyl (C=O) groups is 1. The Bertz CT molecular complexity index is 505. The summed E-state index contributed by atoms with van der Waals surface area (Å²) < 4.78 is 18.6. The molecule has 1 atom stereocenters. The van der Waals surface area contributed by atoms with E-state index in [0.717, 1.165) is 18.7 Å². The highest BCUT2D eigenvalue weighted by Gasteiger charge is 2.37. The average molecular weight is 265 g/mol. The van der Waals surface area contributed by atoms with E-state index in [0.29, 0.717) is 6.54 Å². The molecule has 2 aliphatic heterocycles. The molecule has 3 rings (SSSR count). The standard InChI is InChI=1S/C13H16FN3O2/c1-19-12-3-2-8(4-10(12)14)11-7-17(13(18)16-11)9-5-15-6-9/h2-4,9,11,15H,5-7H2,1H3,(H,16,18). The van der Waals surface area contributed by atoms with Crippen LogP contribution in [-0.2, 0) is 0 Å². The predicted molar refractivity (Wildman–Crippen MR) is 67.6 cm³/mol. The molecule has 0 spiro atoms. The molecule has 0 bridgehead atoms. The number of urea groups is 1. The Morgan fingerprint density at radius 2 is 2.21 bits per heavy atom. The molecular formula is C13H16FN3O2. The highest BCUT2D eigenvalue weighted by atomic mass is 19.1. The largest absolute Gasteiger partial charge is 0.494 e. The van der Waals surface area contributed by atoms with Crippen LogP contribution in [0.25, 0.3) is 0 Å². The first-order valence-corrected chi connectivity index (χ1v) is 6.30. The summed E-state index contributed by atoms with van der Waals surface area (Å²) in [6.45, 7) is 2.24. The Morgan fingerprint density at radius 1 is 1.42 bits per heavy atom. The lowest BCUT2D eigenvalue weighted by atomic mass is 10.1. The number of ether oxygens (including phenoxy) is 1. The molecule has 2 N–H and O–H groups in total. The molecule has 2 fully saturated rings. The molecule has 1 aromatic rings. The highest BCUT2D eigenvalue weighted by molar-refractivity contribution is 5.77. The molecule has 2 heterocycles. The van der Waals surface area contributed by atoms with E-state index in [9.17, 15) is 9.18 Å². The number of carbonyl (C=O) groups excluding carboxylic acids is 1. The molecule has 5 nitrogen and oxygen atoms in total. The van der Waals surface area contributed by atoms with Crippen molar-refractivity contribution in [1.29, 1.82) is 0 Å². The Balaban J connectivity index is 1.76. The minimum Gasteiger partial charge on any atom is -0.494 e. The zero-order valence-corrected chi connectivity index (χ0v) is 10.6. The summed E-state index contributed by atoms with van der Waals surface area (Å²) in [6.07, 6.45) is 0. The first-order valence-electron chi connectivity index (χ1n) is 6.30. The number of amides is 2. The lowest BCUT2D eigenvalue weighted by molar-refractivity contribution is 0.172. The van der Waals surface area contributed by atoms with E-state index < -0.39 is 5.82 Å². The molecule has 0 saturated carbocycles. The van der Waals surface area contributed by atoms with Crippen molar-refractivity contribution in [3.05, 3.63) is 29.6 Å². The molecule has 19 heavy (non-hydrogen) atoms. The second-order valence-corrected chi connectivity index (χ2v) is 4.86. The lowest BCUT2D eigenvalue weighted by Gasteiger charge is -2.34. The molecule has 2 aliphatic rings. The second-order valence-electron chi connectivity index (χ2n) is 4.86. The first-order chi connectivity index (χ1) is 9.19. The molecule has 0 aromatic heterocycles. The van der Waals surface area contributed by atoms with Gasteiger partial charge in [-0.15, -0.1) is 0 Å². The van der Waals surface area contributed by atoms with E-state index in [1.165, 1.54) is 13.2 Å². The fourth-order valence-corrected chi connectivity index (χ4v) is 2.45. The van der Waals surface area contributed by atoms with E-state index >= 15 is 0 Å². The SMILES string of the molecule is COc1ccc(C2CN(C3CNC3)C(=O)N2)cc1F. The zero-order chi connectivity index (χ0) is 13.4. The van der Waals surface area contributed by atoms with E-state index in [2.05, 4.69) is 10.6 Å². The summed E-state index contributed by atoms with van der Waals surface area (Å²) in [7, 11) is 1.43. The number of methoxy groups -OCH3 is 1. The van der Waals surface area contributed by atoms with Crippen molar-refractivity contribution in [2.24, 2.45) is 0 Å². The number of benzene rings is 1. The maximum Gasteiger partial charge on any atom is 0.318 e. The Kier molecular flexibility index (Phi) is 3.02. The molecule has 1 aromatic carbocycles. The topological polar surface area (TPSA) is 53.6 Å². The van der Waals surface area contributed by atoms with Gasteiger partial charge in [0.15, 0.2) is 11.6 Å². The van der Waals surface area contributed by atoms with Gasteiger partial charge in [0.1, 0.15) is 0 Å². The maximum atomic E-state index is 13.7. The van der Waals surface area contributed by atoms with Gasteiger partial charge in [-0.3, -0.25) is 0 Å². The van der Waals surface area contributed by atoms with Crippen LogP contribution in [0.5, 0.6) is 5.75 Å². The van der Waals surface area contributed by atoms with Crippen molar-refractivity contribution in [1.82, 2.24) is 15.5 Å². The van der Waals surface area contributed by atoms with Crippen LogP contribution < -0.4 is 15.4 Å². The monoisotopic (exact) mass is 265 g/mol. The van der Waals surface area contributed by atoms with Gasteiger partial charge in [0.25, 0.3) is 0 Å². The molecule has 6 heteroatoms. The van der Waals surface area contributed by atoms with Gasteiger partial charge in [0.05, 0.1) is 19.2 Å². The van der Waals surface area contributed by atoms with Crippen LogP contribution in [-0.4, -0.2) is 43.7 Å². The number of halogens is 1. The summed E-state index contributed by atoms with van der Waals surface area (Å²) in [5.74, 6) is -0.189. The molecule has 0 radical (unpaired) electrons. The van der Waals surface area contributed by atoms with Crippen LogP contribution >= 0.6 is 0 Å². The van der Waals surface area contributed by atoms with Gasteiger partial charge in [-0.25, -0.2) is 9.18 Å². The first kappa shape index (κ1) is 12.2. The molecule has 102 valence electrons. The number of nitrogens with zero attached hydrogens (tertiary/aromatic N) is 1. The molecule has 1 unspecified atom stereocenters. The molecule has 2 saturated heterocycles. The zero-order valence-electron chi connectivity index (χ0n) is 10.6. The summed E-state index contributed by atoms with van der Waals surface area (Å²) >= 11 is 0. The molecular weight excluding hydrogens is 249 g/mol. The van der Waals surface area contributed by atoms with Gasteiger partial charge < -0.3 is 20.3 Å². The maximum absolute atomic E-state index is 13.7. The quantitative estimate of drug-likeness (QED) is 0.852. The van der Waals surface area contributed by atoms with Crippen molar-refractivity contribution in [2.45, 2.75) is 12.1 Å². The Labute approximate surface area is 110 Å². The van der Waals surface area contributed by atoms with Gasteiger partial charge in [-0.05, 0) is 17.7 Å². The highest BCUT2D eigenvalue weighted by Crippen LogP contribution is 2.26. The third kappa shape index (κ3) is 2.12. The van der Waals surface area contributed by atoms with Crippen LogP contribution in [0.3, 0.4) is 0 Å². The van der Waals surface area contributed by atoms with E-state index in [4.69, 9.17) is 4.74 Å². The number of rotatable bonds is 3. The minimum atomic E-state index is -0.405. The fraction of sp³-hybridized carbons (Fsp3) is 0.462. The van der Waals surface area contributed by atoms with Crippen molar-refractivity contribution in [2.75, 3.05) is 26.7 Å². The second kappa shape index (κ2) is 4.70. The minimum absolute atomic E-state index is 0.0762. The van der Waals surface area contributed by atoms with Gasteiger partial charge in [0.2, 0.25) is 0 Å². The smallest absolute Gasteiger partial charge is 0.318 e. The summed E-state index contributed by atoms with van der Waals surface area (Å²) in [5, 5.41) is 6.03. The third-order valence-corrected chi connectivity index (χ3v) is 3.72. The Hall–Kier alpha value is -1.82. The number of nitrogens with one attached hydrogen (secondary N) is 2. The molecule has 2 amide bonds. The van der Waals surface area contributed by atoms with E-state index in [1.807, 2.05) is 4.90 Å². The van der Waals surface area contributed by atoms with Crippen LogP contribution in [0, 0.1) is 5.82 Å². The van der Waals surface area contributed by atoms with Crippen molar-refractivity contribution in [3.63, 3.8) is 0 Å². The summed E-state index contributed by atoms with van der Waals surface area (Å²) in [4.78, 5) is 13.7. The van der Waals surface area contributed by atoms with Gasteiger partial charge in [-0.2, -0.15) is 0 Å². The van der Waals surface area contributed by atoms with Crippen LogP contribution in [0.2, 0.25) is 0 Å². The van der Waals surface area contributed by atoms with E-state index in [-0.39, 0.29) is 23.9 Å². The van der Waals surface area contributed by atoms with Gasteiger partial charge >= 0.3 is 6.03 Å². The van der Waals surface area contributed by atoms with Crippen molar-refractivity contribution < 1.29 is 13.9 Å². The van der Waals surface area contributed by atoms with Crippen LogP contribution in [0.4, 0.5) is 9.18 Å². The predicted octanol–water partition coefficient (Wildman–Crippen LogP) is 0.872. The average Bonchev–Trinajstić information content (AvgIpc) is 2.69. The van der Waals surface area contributed by atoms with Crippen molar-refractivity contribution in [3.8, 4) is 5.75 Å². The van der Waals surface area contributed by atoms with Crippen molar-refractivity contribution >= 4 is 6.03 Å². The van der Waals surface area contributed by atoms with E-state index in [1.54, 1.807) is 12.1 Å². The van der Waals surface area contributed by atoms with Crippen LogP contribution in [0.1, 0.15) is 11.6 Å². The van der Waals surface area contributed by atoms with Gasteiger partial charge in [-0.1, -0.05) is 6.07 Å². The molecule has 0 aliphatic carbocycles. The summed E-state index contributed by atoms with van der Waals surface area (Å²) in [6, 6.07) is 4.82. The Morgan fingerprint density at radius 3 is 2.79 bits per heavy atom. The number of hydrogen-bond donors (Lipinski definition) is 2.